The van der Waals surface area contributed by atoms with E-state index in [1.807, 2.05) is 0 Å². The number of halogens is 5. The maximum Gasteiger partial charge on any atom is 0.586 e. The number of ether oxygens (including phenoxy) is 2. The van der Waals surface area contributed by atoms with Gasteiger partial charge in [0.05, 0.1) is 29.3 Å². The van der Waals surface area contributed by atoms with E-state index in [0.717, 1.165) is 18.3 Å². The van der Waals surface area contributed by atoms with Gasteiger partial charge in [-0.3, -0.25) is 14.8 Å². The van der Waals surface area contributed by atoms with Crippen molar-refractivity contribution in [1.82, 2.24) is 10.3 Å². The van der Waals surface area contributed by atoms with Crippen LogP contribution in [0.15, 0.2) is 40.7 Å². The molecule has 7 nitrogen and oxygen atoms in total. The number of alkyl halides is 2. The summed E-state index contributed by atoms with van der Waals surface area (Å²) in [7, 11) is 0. The van der Waals surface area contributed by atoms with Crippen LogP contribution in [0.25, 0.3) is 5.70 Å². The standard InChI is InChI=1S/C18H11ClF4N4O3/c1-8(27-17(28)16-11(20)5-25-6-12(16)21)26-7-13(24-2)9-3-14-15(4-10(9)19)30-18(22,23)29-14/h3-7H,2H2,1H3,(H,26,27,28)/b13-7-. The lowest BCUT2D eigenvalue weighted by atomic mass is 10.1. The van der Waals surface area contributed by atoms with E-state index >= 15 is 0 Å². The normalized spacial score (nSPS) is 15.1. The first-order valence-corrected chi connectivity index (χ1v) is 8.40. The second kappa shape index (κ2) is 8.11. The third-order valence-corrected chi connectivity index (χ3v) is 4.01. The summed E-state index contributed by atoms with van der Waals surface area (Å²) in [5.74, 6) is -3.96. The van der Waals surface area contributed by atoms with Gasteiger partial charge in [-0.25, -0.2) is 13.8 Å². The van der Waals surface area contributed by atoms with Crippen molar-refractivity contribution >= 4 is 35.8 Å². The average Bonchev–Trinajstić information content (AvgIpc) is 2.94. The number of carbonyl (C=O) groups is 1. The molecular weight excluding hydrogens is 432 g/mol. The fraction of sp³-hybridized carbons (Fsp3) is 0.111. The predicted octanol–water partition coefficient (Wildman–Crippen LogP) is 4.18. The molecule has 1 aromatic carbocycles. The van der Waals surface area contributed by atoms with Crippen LogP contribution in [0.4, 0.5) is 17.6 Å². The Morgan fingerprint density at radius 1 is 1.23 bits per heavy atom. The van der Waals surface area contributed by atoms with Crippen LogP contribution >= 0.6 is 11.6 Å². The molecule has 0 bridgehead atoms. The van der Waals surface area contributed by atoms with Gasteiger partial charge >= 0.3 is 6.29 Å². The van der Waals surface area contributed by atoms with Crippen LogP contribution in [0.3, 0.4) is 0 Å². The van der Waals surface area contributed by atoms with Crippen LogP contribution in [0.2, 0.25) is 5.02 Å². The maximum atomic E-state index is 13.6. The van der Waals surface area contributed by atoms with Crippen molar-refractivity contribution in [2.75, 3.05) is 0 Å². The summed E-state index contributed by atoms with van der Waals surface area (Å²) in [6.45, 7) is 4.69. The molecule has 1 N–H and O–H groups in total. The van der Waals surface area contributed by atoms with E-state index in [0.29, 0.717) is 12.4 Å². The second-order valence-electron chi connectivity index (χ2n) is 5.77. The quantitative estimate of drug-likeness (QED) is 0.437. The zero-order valence-corrected chi connectivity index (χ0v) is 15.8. The number of fused-ring (bicyclic) bond motifs is 1. The molecule has 0 unspecified atom stereocenters. The highest BCUT2D eigenvalue weighted by molar-refractivity contribution is 6.32. The number of carbonyl (C=O) groups excluding carboxylic acids is 1. The summed E-state index contributed by atoms with van der Waals surface area (Å²) >= 11 is 6.07. The number of nitrogens with one attached hydrogen (secondary N) is 1. The van der Waals surface area contributed by atoms with E-state index in [4.69, 9.17) is 11.6 Å². The zero-order valence-electron chi connectivity index (χ0n) is 15.1. The first-order valence-electron chi connectivity index (χ1n) is 8.02. The van der Waals surface area contributed by atoms with E-state index < -0.39 is 29.4 Å². The smallest absolute Gasteiger partial charge is 0.395 e. The third-order valence-electron chi connectivity index (χ3n) is 3.69. The Kier molecular flexibility index (Phi) is 5.74. The lowest BCUT2D eigenvalue weighted by Crippen LogP contribution is -2.30. The largest absolute Gasteiger partial charge is 0.586 e. The molecule has 30 heavy (non-hydrogen) atoms. The number of aromatic nitrogens is 1. The molecular formula is C18H11ClF4N4O3. The number of nitrogens with zero attached hydrogens (tertiary/aromatic N) is 3. The number of hydrogen-bond acceptors (Lipinski definition) is 6. The van der Waals surface area contributed by atoms with Gasteiger partial charge in [0.25, 0.3) is 5.91 Å². The molecule has 1 aromatic heterocycles. The van der Waals surface area contributed by atoms with Crippen molar-refractivity contribution in [1.29, 1.82) is 0 Å². The molecule has 12 heteroatoms. The number of amidine groups is 1. The molecule has 156 valence electrons. The number of benzene rings is 1. The highest BCUT2D eigenvalue weighted by Gasteiger charge is 2.44. The van der Waals surface area contributed by atoms with Gasteiger partial charge < -0.3 is 14.8 Å². The monoisotopic (exact) mass is 442 g/mol. The van der Waals surface area contributed by atoms with Crippen LogP contribution < -0.4 is 14.8 Å². The molecule has 0 aliphatic carbocycles. The first-order chi connectivity index (χ1) is 14.1. The molecule has 1 amide bonds. The van der Waals surface area contributed by atoms with Crippen molar-refractivity contribution in [2.45, 2.75) is 13.2 Å². The Hall–Kier alpha value is -3.47. The van der Waals surface area contributed by atoms with Crippen LogP contribution in [0, 0.1) is 11.6 Å². The Morgan fingerprint density at radius 2 is 1.83 bits per heavy atom. The fourth-order valence-corrected chi connectivity index (χ4v) is 2.66. The molecule has 2 heterocycles. The first kappa shape index (κ1) is 21.2. The zero-order chi connectivity index (χ0) is 22.1. The number of rotatable bonds is 4. The third kappa shape index (κ3) is 4.40. The van der Waals surface area contributed by atoms with Gasteiger partial charge in [-0.1, -0.05) is 11.6 Å². The van der Waals surface area contributed by atoms with Crippen molar-refractivity contribution < 1.29 is 31.8 Å². The van der Waals surface area contributed by atoms with Crippen molar-refractivity contribution in [3.05, 3.63) is 58.5 Å². The Morgan fingerprint density at radius 3 is 2.43 bits per heavy atom. The van der Waals surface area contributed by atoms with Gasteiger partial charge in [0, 0.05) is 11.6 Å². The SMILES string of the molecule is C=N/C(=C\N=C(/C)NC(=O)c1c(F)cncc1F)c1cc2c(cc1Cl)OC(F)(F)O2. The number of pyridine rings is 1. The molecule has 0 spiro atoms. The minimum absolute atomic E-state index is 0.00786. The molecule has 0 atom stereocenters. The molecule has 2 aromatic rings. The summed E-state index contributed by atoms with van der Waals surface area (Å²) < 4.78 is 62.3. The number of hydrogen-bond donors (Lipinski definition) is 1. The van der Waals surface area contributed by atoms with E-state index in [9.17, 15) is 22.4 Å². The van der Waals surface area contributed by atoms with Gasteiger partial charge in [0.1, 0.15) is 11.4 Å². The van der Waals surface area contributed by atoms with Gasteiger partial charge in [-0.15, -0.1) is 8.78 Å². The highest BCUT2D eigenvalue weighted by atomic mass is 35.5. The lowest BCUT2D eigenvalue weighted by molar-refractivity contribution is -0.286. The molecule has 3 rings (SSSR count). The van der Waals surface area contributed by atoms with Crippen LogP contribution in [-0.4, -0.2) is 29.7 Å². The fourth-order valence-electron chi connectivity index (χ4n) is 2.41. The molecule has 1 aliphatic rings. The summed E-state index contributed by atoms with van der Waals surface area (Å²) in [5, 5.41) is 2.19. The average molecular weight is 443 g/mol. The summed E-state index contributed by atoms with van der Waals surface area (Å²) in [6, 6.07) is 2.27. The molecule has 1 aliphatic heterocycles. The van der Waals surface area contributed by atoms with Crippen LogP contribution in [0.5, 0.6) is 11.5 Å². The Bertz CT molecular complexity index is 1080. The van der Waals surface area contributed by atoms with Crippen LogP contribution in [0.1, 0.15) is 22.8 Å². The molecule has 0 fully saturated rings. The van der Waals surface area contributed by atoms with Crippen molar-refractivity contribution in [2.24, 2.45) is 9.98 Å². The van der Waals surface area contributed by atoms with Crippen molar-refractivity contribution in [3.63, 3.8) is 0 Å². The second-order valence-corrected chi connectivity index (χ2v) is 6.17. The molecule has 0 radical (unpaired) electrons. The van der Waals surface area contributed by atoms with E-state index in [-0.39, 0.29) is 33.6 Å². The number of aliphatic imine (C=N–C) groups is 2. The van der Waals surface area contributed by atoms with Crippen molar-refractivity contribution in [3.8, 4) is 11.5 Å². The predicted molar refractivity (Wildman–Crippen MR) is 99.9 cm³/mol. The molecule has 0 saturated heterocycles. The summed E-state index contributed by atoms with van der Waals surface area (Å²) in [5.41, 5.74) is -0.650. The highest BCUT2D eigenvalue weighted by Crippen LogP contribution is 2.45. The lowest BCUT2D eigenvalue weighted by Gasteiger charge is -2.07. The van der Waals surface area contributed by atoms with Gasteiger partial charge in [-0.2, -0.15) is 0 Å². The minimum atomic E-state index is -3.83. The van der Waals surface area contributed by atoms with Gasteiger partial charge in [0.2, 0.25) is 0 Å². The maximum absolute atomic E-state index is 13.6. The van der Waals surface area contributed by atoms with E-state index in [1.165, 1.54) is 6.92 Å². The van der Waals surface area contributed by atoms with E-state index in [2.05, 4.69) is 36.5 Å². The Labute approximate surface area is 171 Å². The topological polar surface area (TPSA) is 85.2 Å². The minimum Gasteiger partial charge on any atom is -0.395 e. The van der Waals surface area contributed by atoms with Gasteiger partial charge in [-0.05, 0) is 19.7 Å². The van der Waals surface area contributed by atoms with Gasteiger partial charge in [0.15, 0.2) is 23.1 Å². The van der Waals surface area contributed by atoms with E-state index in [1.54, 1.807) is 0 Å². The van der Waals surface area contributed by atoms with Crippen LogP contribution in [-0.2, 0) is 0 Å². The summed E-state index contributed by atoms with van der Waals surface area (Å²) in [6.07, 6.45) is -1.33. The Balaban J connectivity index is 1.84. The number of amides is 1. The molecule has 0 saturated carbocycles. The summed E-state index contributed by atoms with van der Waals surface area (Å²) in [4.78, 5) is 23.0.